The summed E-state index contributed by atoms with van der Waals surface area (Å²) in [6.07, 6.45) is -18.6. The maximum Gasteiger partial charge on any atom is 0.453 e. The number of rotatable bonds is 8. The predicted molar refractivity (Wildman–Crippen MR) is 67.2 cm³/mol. The molecule has 0 radical (unpaired) electrons. The average Bonchev–Trinajstić information content (AvgIpc) is 2.40. The lowest BCUT2D eigenvalue weighted by Gasteiger charge is -2.29. The number of carbonyl (C=O) groups excluding carboxylic acids is 1. The molecule has 0 aliphatic carbocycles. The van der Waals surface area contributed by atoms with Gasteiger partial charge in [-0.1, -0.05) is 0 Å². The van der Waals surface area contributed by atoms with Crippen LogP contribution >= 0.6 is 0 Å². The van der Waals surface area contributed by atoms with Gasteiger partial charge in [0.05, 0.1) is 5.75 Å². The van der Waals surface area contributed by atoms with Crippen molar-refractivity contribution in [2.24, 2.45) is 5.73 Å². The summed E-state index contributed by atoms with van der Waals surface area (Å²) in [6.45, 7) is 0.281. The Labute approximate surface area is 140 Å². The van der Waals surface area contributed by atoms with Gasteiger partial charge in [-0.05, 0) is 13.3 Å². The van der Waals surface area contributed by atoms with Crippen molar-refractivity contribution in [1.82, 2.24) is 0 Å². The van der Waals surface area contributed by atoms with Gasteiger partial charge >= 0.3 is 24.2 Å². The predicted octanol–water partition coefficient (Wildman–Crippen LogP) is 3.21. The summed E-state index contributed by atoms with van der Waals surface area (Å²) in [5.74, 6) is -14.9. The molecule has 0 fully saturated rings. The standard InChI is InChI=1S/C11H13F10NO3S/c1-7(6(22)23,2-3-8(12,13)10(16,17)18)26(24,25)5-4-9(14,15)11(19,20)21/h2-5H2,1H3,(H2,22,23). The zero-order chi connectivity index (χ0) is 21.4. The molecule has 0 heterocycles. The topological polar surface area (TPSA) is 77.2 Å². The van der Waals surface area contributed by atoms with E-state index in [-0.39, 0.29) is 6.92 Å². The maximum absolute atomic E-state index is 12.9. The average molecular weight is 429 g/mol. The van der Waals surface area contributed by atoms with Crippen molar-refractivity contribution in [3.63, 3.8) is 0 Å². The van der Waals surface area contributed by atoms with Crippen molar-refractivity contribution in [2.75, 3.05) is 5.75 Å². The lowest BCUT2D eigenvalue weighted by atomic mass is 10.0. The first-order valence-electron chi connectivity index (χ1n) is 6.52. The molecule has 15 heteroatoms. The van der Waals surface area contributed by atoms with Gasteiger partial charge in [-0.25, -0.2) is 8.42 Å². The number of halogens is 10. The number of amides is 1. The molecule has 1 amide bonds. The summed E-state index contributed by atoms with van der Waals surface area (Å²) in [4.78, 5) is 11.3. The van der Waals surface area contributed by atoms with Crippen LogP contribution in [0.3, 0.4) is 0 Å². The first kappa shape index (κ1) is 24.7. The lowest BCUT2D eigenvalue weighted by Crippen LogP contribution is -2.51. The van der Waals surface area contributed by atoms with Crippen LogP contribution in [0.5, 0.6) is 0 Å². The molecule has 0 saturated heterocycles. The van der Waals surface area contributed by atoms with E-state index in [4.69, 9.17) is 0 Å². The third-order valence-electron chi connectivity index (χ3n) is 3.64. The molecule has 156 valence electrons. The van der Waals surface area contributed by atoms with E-state index in [1.54, 1.807) is 0 Å². The highest BCUT2D eigenvalue weighted by molar-refractivity contribution is 7.93. The molecule has 0 spiro atoms. The Kier molecular flexibility index (Phi) is 6.69. The Morgan fingerprint density at radius 3 is 1.42 bits per heavy atom. The molecule has 0 aromatic carbocycles. The first-order chi connectivity index (χ1) is 11.1. The summed E-state index contributed by atoms with van der Waals surface area (Å²) < 4.78 is 144. The zero-order valence-corrected chi connectivity index (χ0v) is 13.6. The number of alkyl halides is 10. The zero-order valence-electron chi connectivity index (χ0n) is 12.8. The molecular weight excluding hydrogens is 416 g/mol. The summed E-state index contributed by atoms with van der Waals surface area (Å²) >= 11 is 0. The normalized spacial score (nSPS) is 17.0. The van der Waals surface area contributed by atoms with Crippen LogP contribution in [0, 0.1) is 0 Å². The van der Waals surface area contributed by atoms with Crippen LogP contribution in [0.1, 0.15) is 26.2 Å². The number of nitrogens with two attached hydrogens (primary N) is 1. The van der Waals surface area contributed by atoms with E-state index in [1.165, 1.54) is 0 Å². The van der Waals surface area contributed by atoms with E-state index in [0.717, 1.165) is 0 Å². The summed E-state index contributed by atoms with van der Waals surface area (Å²) in [5, 5.41) is 0. The monoisotopic (exact) mass is 429 g/mol. The minimum atomic E-state index is -6.13. The third kappa shape index (κ3) is 5.13. The van der Waals surface area contributed by atoms with Crippen LogP contribution in [0.2, 0.25) is 0 Å². The largest absolute Gasteiger partial charge is 0.453 e. The second-order valence-corrected chi connectivity index (χ2v) is 8.11. The molecule has 0 saturated carbocycles. The van der Waals surface area contributed by atoms with Gasteiger partial charge in [0.15, 0.2) is 9.84 Å². The van der Waals surface area contributed by atoms with Gasteiger partial charge in [0.1, 0.15) is 4.75 Å². The van der Waals surface area contributed by atoms with Crippen molar-refractivity contribution in [2.45, 2.75) is 55.1 Å². The fourth-order valence-corrected chi connectivity index (χ4v) is 3.29. The van der Waals surface area contributed by atoms with Gasteiger partial charge < -0.3 is 5.73 Å². The van der Waals surface area contributed by atoms with Gasteiger partial charge in [-0.15, -0.1) is 0 Å². The van der Waals surface area contributed by atoms with E-state index >= 15 is 0 Å². The first-order valence-corrected chi connectivity index (χ1v) is 8.17. The van der Waals surface area contributed by atoms with Crippen molar-refractivity contribution < 1.29 is 57.1 Å². The van der Waals surface area contributed by atoms with Crippen LogP contribution in [0.4, 0.5) is 43.9 Å². The molecule has 2 N–H and O–H groups in total. The Morgan fingerprint density at radius 2 is 1.12 bits per heavy atom. The highest BCUT2D eigenvalue weighted by Crippen LogP contribution is 2.42. The van der Waals surface area contributed by atoms with Crippen molar-refractivity contribution in [3.8, 4) is 0 Å². The number of carbonyl (C=O) groups is 1. The molecule has 0 aromatic rings. The van der Waals surface area contributed by atoms with Gasteiger partial charge in [-0.2, -0.15) is 43.9 Å². The SMILES string of the molecule is CC(CCC(F)(F)C(F)(F)F)(C(N)=O)S(=O)(=O)CCC(F)(F)C(F)(F)F. The van der Waals surface area contributed by atoms with Crippen molar-refractivity contribution in [3.05, 3.63) is 0 Å². The Hall–Kier alpha value is -1.28. The van der Waals surface area contributed by atoms with E-state index < -0.39 is 69.7 Å². The van der Waals surface area contributed by atoms with Crippen molar-refractivity contribution in [1.29, 1.82) is 0 Å². The molecule has 0 aromatic heterocycles. The molecule has 1 atom stereocenters. The highest BCUT2D eigenvalue weighted by atomic mass is 32.2. The minimum absolute atomic E-state index is 0.281. The fraction of sp³-hybridized carbons (Fsp3) is 0.909. The lowest BCUT2D eigenvalue weighted by molar-refractivity contribution is -0.284. The summed E-state index contributed by atoms with van der Waals surface area (Å²) in [7, 11) is -5.34. The number of sulfone groups is 1. The number of primary amides is 1. The molecule has 1 unspecified atom stereocenters. The number of hydrogen-bond donors (Lipinski definition) is 1. The molecule has 4 nitrogen and oxygen atoms in total. The van der Waals surface area contributed by atoms with E-state index in [9.17, 15) is 57.1 Å². The summed E-state index contributed by atoms with van der Waals surface area (Å²) in [6, 6.07) is 0. The second kappa shape index (κ2) is 7.03. The minimum Gasteiger partial charge on any atom is -0.368 e. The van der Waals surface area contributed by atoms with Crippen LogP contribution in [0.15, 0.2) is 0 Å². The van der Waals surface area contributed by atoms with Gasteiger partial charge in [0.2, 0.25) is 5.91 Å². The molecule has 26 heavy (non-hydrogen) atoms. The Balaban J connectivity index is 5.55. The second-order valence-electron chi connectivity index (χ2n) is 5.57. The van der Waals surface area contributed by atoms with Gasteiger partial charge in [0.25, 0.3) is 0 Å². The molecule has 0 aliphatic heterocycles. The maximum atomic E-state index is 12.9. The molecular formula is C11H13F10NO3S. The fourth-order valence-electron chi connectivity index (χ4n) is 1.60. The van der Waals surface area contributed by atoms with Crippen LogP contribution in [0.25, 0.3) is 0 Å². The quantitative estimate of drug-likeness (QED) is 0.602. The highest BCUT2D eigenvalue weighted by Gasteiger charge is 2.60. The van der Waals surface area contributed by atoms with E-state index in [0.29, 0.717) is 0 Å². The van der Waals surface area contributed by atoms with E-state index in [1.807, 2.05) is 0 Å². The third-order valence-corrected chi connectivity index (χ3v) is 6.16. The van der Waals surface area contributed by atoms with Gasteiger partial charge in [0, 0.05) is 12.8 Å². The Bertz CT molecular complexity index is 625. The summed E-state index contributed by atoms with van der Waals surface area (Å²) in [5.41, 5.74) is 4.67. The van der Waals surface area contributed by atoms with Crippen LogP contribution in [-0.4, -0.2) is 49.0 Å². The van der Waals surface area contributed by atoms with Gasteiger partial charge in [-0.3, -0.25) is 4.79 Å². The Morgan fingerprint density at radius 1 is 0.769 bits per heavy atom. The molecule has 0 bridgehead atoms. The van der Waals surface area contributed by atoms with Crippen LogP contribution < -0.4 is 5.73 Å². The number of hydrogen-bond acceptors (Lipinski definition) is 3. The van der Waals surface area contributed by atoms with Crippen molar-refractivity contribution >= 4 is 15.7 Å². The molecule has 0 aliphatic rings. The molecule has 0 rings (SSSR count). The van der Waals surface area contributed by atoms with Crippen LogP contribution in [-0.2, 0) is 14.6 Å². The van der Waals surface area contributed by atoms with E-state index in [2.05, 4.69) is 5.73 Å². The smallest absolute Gasteiger partial charge is 0.368 e.